The second kappa shape index (κ2) is 7.77. The van der Waals surface area contributed by atoms with Gasteiger partial charge < -0.3 is 8.92 Å². The maximum Gasteiger partial charge on any atom is 0.339 e. The van der Waals surface area contributed by atoms with E-state index in [4.69, 9.17) is 8.92 Å². The van der Waals surface area contributed by atoms with Crippen molar-refractivity contribution in [2.75, 3.05) is 18.6 Å². The van der Waals surface area contributed by atoms with Crippen LogP contribution in [-0.4, -0.2) is 32.0 Å². The smallest absolute Gasteiger partial charge is 0.339 e. The van der Waals surface area contributed by atoms with Crippen LogP contribution in [-0.2, 0) is 10.1 Å². The summed E-state index contributed by atoms with van der Waals surface area (Å²) < 4.78 is 35.2. The Hall–Kier alpha value is -1.91. The first-order chi connectivity index (χ1) is 12.4. The average Bonchev–Trinajstić information content (AvgIpc) is 3.16. The van der Waals surface area contributed by atoms with Gasteiger partial charge in [0.2, 0.25) is 0 Å². The van der Waals surface area contributed by atoms with E-state index in [0.29, 0.717) is 4.58 Å². The van der Waals surface area contributed by atoms with E-state index in [1.165, 1.54) is 19.2 Å². The topological polar surface area (TPSA) is 95.7 Å². The quantitative estimate of drug-likeness (QED) is 0.400. The lowest BCUT2D eigenvalue weighted by Gasteiger charge is -2.11. The third-order valence-corrected chi connectivity index (χ3v) is 7.96. The fourth-order valence-corrected chi connectivity index (χ4v) is 6.18. The van der Waals surface area contributed by atoms with E-state index in [9.17, 15) is 18.5 Å². The molecule has 1 heterocycles. The SMILES string of the molecule is COc1ccc(S(=O)(=O)Oc2ccc(C3SCCS3)cc2)cc1[N+](=O)[O-]. The molecule has 1 aliphatic heterocycles. The standard InChI is InChI=1S/C16H15NO6S3/c1-22-15-7-6-13(10-14(15)17(18)19)26(20,21)23-12-4-2-11(3-5-12)16-24-8-9-25-16/h2-7,10,16H,8-9H2,1H3. The van der Waals surface area contributed by atoms with Crippen LogP contribution >= 0.6 is 23.5 Å². The highest BCUT2D eigenvalue weighted by Crippen LogP contribution is 2.45. The fourth-order valence-electron chi connectivity index (χ4n) is 2.37. The van der Waals surface area contributed by atoms with E-state index < -0.39 is 20.7 Å². The van der Waals surface area contributed by atoms with Gasteiger partial charge in [-0.25, -0.2) is 0 Å². The van der Waals surface area contributed by atoms with Crippen LogP contribution in [0.25, 0.3) is 0 Å². The van der Waals surface area contributed by atoms with Gasteiger partial charge in [-0.3, -0.25) is 10.1 Å². The minimum Gasteiger partial charge on any atom is -0.490 e. The molecule has 1 aliphatic rings. The summed E-state index contributed by atoms with van der Waals surface area (Å²) in [5, 5.41) is 11.1. The van der Waals surface area contributed by atoms with Gasteiger partial charge in [0.05, 0.1) is 16.6 Å². The van der Waals surface area contributed by atoms with Crippen molar-refractivity contribution in [3.8, 4) is 11.5 Å². The second-order valence-corrected chi connectivity index (χ2v) is 9.54. The summed E-state index contributed by atoms with van der Waals surface area (Å²) in [5.74, 6) is 2.32. The summed E-state index contributed by atoms with van der Waals surface area (Å²) in [6, 6.07) is 10.2. The summed E-state index contributed by atoms with van der Waals surface area (Å²) in [5.41, 5.74) is 0.658. The predicted molar refractivity (Wildman–Crippen MR) is 102 cm³/mol. The lowest BCUT2D eigenvalue weighted by molar-refractivity contribution is -0.386. The molecule has 7 nitrogen and oxygen atoms in total. The molecule has 2 aromatic carbocycles. The molecule has 0 unspecified atom stereocenters. The molecule has 2 aromatic rings. The van der Waals surface area contributed by atoms with Crippen LogP contribution in [0.5, 0.6) is 11.5 Å². The highest BCUT2D eigenvalue weighted by Gasteiger charge is 2.24. The van der Waals surface area contributed by atoms with Gasteiger partial charge in [-0.1, -0.05) is 12.1 Å². The molecule has 1 fully saturated rings. The van der Waals surface area contributed by atoms with Gasteiger partial charge in [0, 0.05) is 17.6 Å². The Labute approximate surface area is 159 Å². The Kier molecular flexibility index (Phi) is 5.64. The highest BCUT2D eigenvalue weighted by molar-refractivity contribution is 8.19. The molecule has 1 saturated heterocycles. The molecule has 0 N–H and O–H groups in total. The Bertz CT molecular complexity index is 908. The van der Waals surface area contributed by atoms with Crippen molar-refractivity contribution < 1.29 is 22.3 Å². The van der Waals surface area contributed by atoms with Crippen LogP contribution in [0, 0.1) is 10.1 Å². The third kappa shape index (κ3) is 4.08. The number of nitro benzene ring substituents is 1. The number of ether oxygens (including phenoxy) is 1. The van der Waals surface area contributed by atoms with E-state index in [0.717, 1.165) is 23.1 Å². The van der Waals surface area contributed by atoms with Gasteiger partial charge in [0.1, 0.15) is 10.6 Å². The van der Waals surface area contributed by atoms with Gasteiger partial charge in [0.25, 0.3) is 0 Å². The van der Waals surface area contributed by atoms with Crippen LogP contribution in [0.3, 0.4) is 0 Å². The van der Waals surface area contributed by atoms with Crippen molar-refractivity contribution in [3.63, 3.8) is 0 Å². The zero-order valence-electron chi connectivity index (χ0n) is 13.7. The number of rotatable bonds is 6. The summed E-state index contributed by atoms with van der Waals surface area (Å²) in [6.07, 6.45) is 0. The molecule has 26 heavy (non-hydrogen) atoms. The van der Waals surface area contributed by atoms with E-state index in [1.807, 2.05) is 35.7 Å². The summed E-state index contributed by atoms with van der Waals surface area (Å²) in [4.78, 5) is 10.1. The van der Waals surface area contributed by atoms with Crippen molar-refractivity contribution >= 4 is 39.3 Å². The number of benzene rings is 2. The number of methoxy groups -OCH3 is 1. The number of nitro groups is 1. The molecular weight excluding hydrogens is 398 g/mol. The van der Waals surface area contributed by atoms with Crippen LogP contribution in [0.1, 0.15) is 10.1 Å². The minimum atomic E-state index is -4.20. The molecule has 0 aliphatic carbocycles. The number of hydrogen-bond acceptors (Lipinski definition) is 8. The number of thioether (sulfide) groups is 2. The predicted octanol–water partition coefficient (Wildman–Crippen LogP) is 3.85. The van der Waals surface area contributed by atoms with Crippen LogP contribution in [0.15, 0.2) is 47.4 Å². The summed E-state index contributed by atoms with van der Waals surface area (Å²) in [7, 11) is -2.92. The van der Waals surface area contributed by atoms with Crippen LogP contribution < -0.4 is 8.92 Å². The molecular formula is C16H15NO6S3. The van der Waals surface area contributed by atoms with E-state index in [2.05, 4.69) is 0 Å². The van der Waals surface area contributed by atoms with Gasteiger partial charge in [0.15, 0.2) is 5.75 Å². The van der Waals surface area contributed by atoms with Gasteiger partial charge in [-0.15, -0.1) is 23.5 Å². The molecule has 0 radical (unpaired) electrons. The maximum absolute atomic E-state index is 12.4. The Morgan fingerprint density at radius 1 is 1.12 bits per heavy atom. The van der Waals surface area contributed by atoms with E-state index >= 15 is 0 Å². The first kappa shape index (κ1) is 18.9. The third-order valence-electron chi connectivity index (χ3n) is 3.62. The molecule has 0 aromatic heterocycles. The van der Waals surface area contributed by atoms with Crippen molar-refractivity contribution in [1.82, 2.24) is 0 Å². The molecule has 10 heteroatoms. The molecule has 3 rings (SSSR count). The van der Waals surface area contributed by atoms with Crippen LogP contribution in [0.4, 0.5) is 5.69 Å². The van der Waals surface area contributed by atoms with Crippen molar-refractivity contribution in [1.29, 1.82) is 0 Å². The summed E-state index contributed by atoms with van der Waals surface area (Å²) in [6.45, 7) is 0. The van der Waals surface area contributed by atoms with Gasteiger partial charge in [-0.05, 0) is 29.8 Å². The zero-order chi connectivity index (χ0) is 18.7. The highest BCUT2D eigenvalue weighted by atomic mass is 32.2. The first-order valence-electron chi connectivity index (χ1n) is 7.51. The number of nitrogens with zero attached hydrogens (tertiary/aromatic N) is 1. The lowest BCUT2D eigenvalue weighted by atomic mass is 10.2. The lowest BCUT2D eigenvalue weighted by Crippen LogP contribution is -2.10. The Balaban J connectivity index is 1.82. The minimum absolute atomic E-state index is 0.0233. The fraction of sp³-hybridized carbons (Fsp3) is 0.250. The van der Waals surface area contributed by atoms with Gasteiger partial charge >= 0.3 is 15.8 Å². The van der Waals surface area contributed by atoms with Gasteiger partial charge in [-0.2, -0.15) is 8.42 Å². The Morgan fingerprint density at radius 3 is 2.35 bits per heavy atom. The molecule has 0 atom stereocenters. The second-order valence-electron chi connectivity index (χ2n) is 5.27. The first-order valence-corrected chi connectivity index (χ1v) is 11.0. The monoisotopic (exact) mass is 413 g/mol. The molecule has 138 valence electrons. The Morgan fingerprint density at radius 2 is 1.77 bits per heavy atom. The molecule has 0 amide bonds. The molecule has 0 bridgehead atoms. The normalized spacial score (nSPS) is 15.0. The molecule has 0 saturated carbocycles. The summed E-state index contributed by atoms with van der Waals surface area (Å²) >= 11 is 3.69. The largest absolute Gasteiger partial charge is 0.490 e. The zero-order valence-corrected chi connectivity index (χ0v) is 16.1. The maximum atomic E-state index is 12.4. The van der Waals surface area contributed by atoms with Crippen molar-refractivity contribution in [2.24, 2.45) is 0 Å². The number of hydrogen-bond donors (Lipinski definition) is 0. The average molecular weight is 413 g/mol. The van der Waals surface area contributed by atoms with Crippen LogP contribution in [0.2, 0.25) is 0 Å². The van der Waals surface area contributed by atoms with Crippen molar-refractivity contribution in [2.45, 2.75) is 9.48 Å². The van der Waals surface area contributed by atoms with E-state index in [1.54, 1.807) is 12.1 Å². The van der Waals surface area contributed by atoms with Crippen molar-refractivity contribution in [3.05, 3.63) is 58.1 Å². The van der Waals surface area contributed by atoms with E-state index in [-0.39, 0.29) is 16.4 Å². The molecule has 0 spiro atoms.